The van der Waals surface area contributed by atoms with Crippen LogP contribution in [0.4, 0.5) is 0 Å². The molecule has 32 heavy (non-hydrogen) atoms. The topological polar surface area (TPSA) is 20.2 Å². The molecule has 1 aliphatic carbocycles. The van der Waals surface area contributed by atoms with E-state index in [-0.39, 0.29) is 49.4 Å². The second-order valence-electron chi connectivity index (χ2n) is 9.28. The van der Waals surface area contributed by atoms with Crippen LogP contribution in [0, 0.1) is 22.3 Å². The van der Waals surface area contributed by atoms with Gasteiger partial charge in [0.15, 0.2) is 0 Å². The fourth-order valence-electron chi connectivity index (χ4n) is 4.43. The van der Waals surface area contributed by atoms with E-state index in [0.717, 1.165) is 16.7 Å². The van der Waals surface area contributed by atoms with E-state index in [2.05, 4.69) is 90.1 Å². The Morgan fingerprint density at radius 3 is 1.56 bits per heavy atom. The van der Waals surface area contributed by atoms with E-state index >= 15 is 0 Å². The zero-order chi connectivity index (χ0) is 20.2. The number of hydrogen-bond donors (Lipinski definition) is 1. The predicted molar refractivity (Wildman–Crippen MR) is 139 cm³/mol. The molecule has 0 fully saturated rings. The van der Waals surface area contributed by atoms with E-state index < -0.39 is 0 Å². The summed E-state index contributed by atoms with van der Waals surface area (Å²) < 4.78 is 0. The first kappa shape index (κ1) is 30.2. The number of rotatable bonds is 3. The van der Waals surface area contributed by atoms with Crippen LogP contribution < -0.4 is 0 Å². The maximum absolute atomic E-state index is 10.6. The summed E-state index contributed by atoms with van der Waals surface area (Å²) in [6, 6.07) is 19.7. The van der Waals surface area contributed by atoms with Crippen LogP contribution in [0.3, 0.4) is 0 Å². The fourth-order valence-corrected chi connectivity index (χ4v) is 4.43. The van der Waals surface area contributed by atoms with Crippen LogP contribution in [-0.4, -0.2) is 5.11 Å². The minimum atomic E-state index is -0.0426. The molecule has 0 saturated carbocycles. The average molecular weight is 464 g/mol. The first-order valence-electron chi connectivity index (χ1n) is 10.3. The van der Waals surface area contributed by atoms with Crippen molar-refractivity contribution in [3.63, 3.8) is 0 Å². The number of phenols is 1. The minimum absolute atomic E-state index is 0. The number of fused-ring (bicyclic) bond motifs is 3. The number of hydrogen-bond acceptors (Lipinski definition) is 1. The quantitative estimate of drug-likeness (QED) is 0.304. The second kappa shape index (κ2) is 10.9. The Morgan fingerprint density at radius 2 is 1.06 bits per heavy atom. The van der Waals surface area contributed by atoms with Crippen molar-refractivity contribution in [3.05, 3.63) is 99.1 Å². The molecule has 3 aromatic rings. The Balaban J connectivity index is 0.00000240. The van der Waals surface area contributed by atoms with Crippen LogP contribution in [0.25, 0.3) is 22.3 Å². The maximum Gasteiger partial charge on any atom is 3.00 e. The summed E-state index contributed by atoms with van der Waals surface area (Å²) in [5.41, 5.74) is 9.90. The first-order chi connectivity index (χ1) is 13.2. The summed E-state index contributed by atoms with van der Waals surface area (Å²) in [6.45, 7) is 13.4. The molecule has 0 unspecified atom stereocenters. The van der Waals surface area contributed by atoms with Crippen molar-refractivity contribution in [1.82, 2.24) is 0 Å². The Labute approximate surface area is 212 Å². The molecule has 0 aliphatic heterocycles. The molecular formula is C30H39OTi. The summed E-state index contributed by atoms with van der Waals surface area (Å²) in [5, 5.41) is 10.6. The molecule has 0 saturated heterocycles. The average Bonchev–Trinajstić information content (AvgIpc) is 2.88. The summed E-state index contributed by atoms with van der Waals surface area (Å²) in [7, 11) is 0. The molecule has 0 amide bonds. The first-order valence-corrected chi connectivity index (χ1v) is 10.3. The number of aromatic hydroxyl groups is 1. The molecular weight excluding hydrogens is 424 g/mol. The van der Waals surface area contributed by atoms with Crippen LogP contribution in [-0.2, 0) is 27.1 Å². The van der Waals surface area contributed by atoms with Crippen LogP contribution in [0.2, 0.25) is 0 Å². The molecule has 0 spiro atoms. The third-order valence-electron chi connectivity index (χ3n) is 6.37. The van der Waals surface area contributed by atoms with Crippen LogP contribution in [0.15, 0.2) is 54.6 Å². The normalized spacial score (nSPS) is 12.6. The molecule has 169 valence electrons. The maximum atomic E-state index is 10.6. The summed E-state index contributed by atoms with van der Waals surface area (Å²) in [4.78, 5) is 0. The van der Waals surface area contributed by atoms with Gasteiger partial charge in [0.05, 0.1) is 0 Å². The van der Waals surface area contributed by atoms with Crippen molar-refractivity contribution in [3.8, 4) is 28.0 Å². The zero-order valence-electron chi connectivity index (χ0n) is 21.3. The fraction of sp³-hybridized carbons (Fsp3) is 0.300. The summed E-state index contributed by atoms with van der Waals surface area (Å²) >= 11 is 0. The van der Waals surface area contributed by atoms with Gasteiger partial charge in [-0.15, -0.1) is 0 Å². The van der Waals surface area contributed by atoms with E-state index in [9.17, 15) is 5.11 Å². The van der Waals surface area contributed by atoms with E-state index in [4.69, 9.17) is 0 Å². The molecule has 1 nitrogen and oxygen atoms in total. The van der Waals surface area contributed by atoms with Crippen molar-refractivity contribution >= 4 is 0 Å². The molecule has 0 heterocycles. The molecule has 2 heteroatoms. The van der Waals surface area contributed by atoms with Gasteiger partial charge in [-0.3, -0.25) is 0 Å². The van der Waals surface area contributed by atoms with Gasteiger partial charge in [-0.2, -0.15) is 0 Å². The van der Waals surface area contributed by atoms with Crippen molar-refractivity contribution in [2.75, 3.05) is 0 Å². The van der Waals surface area contributed by atoms with Gasteiger partial charge in [0.2, 0.25) is 0 Å². The molecule has 0 aromatic heterocycles. The second-order valence-corrected chi connectivity index (χ2v) is 9.28. The standard InChI is InChI=1S/C27H30O.3CH3.Ti/c1-16(2)18-8-11-22-23-12-9-20(14-25(23)27(5,6)24(22)13-18)21-10-7-19(17(3)4)15-26(21)28;;;;/h7-17,28H,1-6H3;3*1H3;/q;3*-1;+3. The van der Waals surface area contributed by atoms with Gasteiger partial charge < -0.3 is 27.4 Å². The van der Waals surface area contributed by atoms with Gasteiger partial charge >= 0.3 is 21.7 Å². The number of benzene rings is 3. The van der Waals surface area contributed by atoms with Crippen LogP contribution in [0.1, 0.15) is 75.6 Å². The molecule has 3 aromatic carbocycles. The third-order valence-corrected chi connectivity index (χ3v) is 6.37. The van der Waals surface area contributed by atoms with E-state index in [1.54, 1.807) is 0 Å². The molecule has 0 atom stereocenters. The molecule has 1 aliphatic rings. The van der Waals surface area contributed by atoms with Crippen LogP contribution >= 0.6 is 0 Å². The monoisotopic (exact) mass is 463 g/mol. The van der Waals surface area contributed by atoms with E-state index in [1.165, 1.54) is 27.8 Å². The predicted octanol–water partition coefficient (Wildman–Crippen LogP) is 8.96. The summed E-state index contributed by atoms with van der Waals surface area (Å²) in [5.74, 6) is 1.29. The Kier molecular flexibility index (Phi) is 10.2. The van der Waals surface area contributed by atoms with Crippen molar-refractivity contribution in [2.45, 2.75) is 58.8 Å². The van der Waals surface area contributed by atoms with E-state index in [1.807, 2.05) is 6.07 Å². The number of phenolic OH excluding ortho intramolecular Hbond substituents is 1. The van der Waals surface area contributed by atoms with Gasteiger partial charge in [-0.25, -0.2) is 0 Å². The third kappa shape index (κ3) is 4.90. The van der Waals surface area contributed by atoms with Crippen molar-refractivity contribution < 1.29 is 26.8 Å². The summed E-state index contributed by atoms with van der Waals surface area (Å²) in [6.07, 6.45) is 0. The van der Waals surface area contributed by atoms with Gasteiger partial charge in [0.25, 0.3) is 0 Å². The largest absolute Gasteiger partial charge is 3.00 e. The van der Waals surface area contributed by atoms with Gasteiger partial charge in [0, 0.05) is 11.0 Å². The molecule has 1 N–H and O–H groups in total. The van der Waals surface area contributed by atoms with Gasteiger partial charge in [0.1, 0.15) is 5.75 Å². The Hall–Kier alpha value is -1.83. The van der Waals surface area contributed by atoms with E-state index in [0.29, 0.717) is 17.6 Å². The smallest absolute Gasteiger partial charge is 0.507 e. The van der Waals surface area contributed by atoms with Crippen molar-refractivity contribution in [1.29, 1.82) is 0 Å². The Bertz CT molecular complexity index is 1060. The van der Waals surface area contributed by atoms with Gasteiger partial charge in [-0.1, -0.05) is 84.0 Å². The molecule has 0 bridgehead atoms. The zero-order valence-corrected chi connectivity index (χ0v) is 22.9. The molecule has 1 radical (unpaired) electrons. The van der Waals surface area contributed by atoms with Crippen LogP contribution in [0.5, 0.6) is 5.75 Å². The molecule has 4 rings (SSSR count). The Morgan fingerprint density at radius 1 is 0.625 bits per heavy atom. The SMILES string of the molecule is CC(C)c1ccc(-c2ccc3c(c2)C(C)(C)c2cc(C(C)C)ccc2-3)c(O)c1.[CH3-].[CH3-].[CH3-].[Ti+3]. The van der Waals surface area contributed by atoms with Gasteiger partial charge in [-0.05, 0) is 62.9 Å². The minimum Gasteiger partial charge on any atom is -0.507 e. The van der Waals surface area contributed by atoms with Crippen molar-refractivity contribution in [2.24, 2.45) is 0 Å².